The Balaban J connectivity index is 4.61. The summed E-state index contributed by atoms with van der Waals surface area (Å²) < 4.78 is 0. The van der Waals surface area contributed by atoms with Crippen LogP contribution in [0.4, 0.5) is 0 Å². The van der Waals surface area contributed by atoms with Gasteiger partial charge in [-0.2, -0.15) is 0 Å². The lowest BCUT2D eigenvalue weighted by molar-refractivity contribution is -0.0788. The minimum Gasteiger partial charge on any atom is -0.390 e. The minimum absolute atomic E-state index is 0.275. The van der Waals surface area contributed by atoms with Crippen LogP contribution in [0, 0.1) is 0 Å². The Labute approximate surface area is 81.4 Å². The first kappa shape index (κ1) is 12.4. The second kappa shape index (κ2) is 4.60. The average Bonchev–Trinajstić information content (AvgIpc) is 2.00. The smallest absolute Gasteiger partial charge is 0.148 e. The Hall–Kier alpha value is 0.420. The molecule has 0 radical (unpaired) electrons. The molecule has 0 saturated carbocycles. The van der Waals surface area contributed by atoms with E-state index in [2.05, 4.69) is 0 Å². The first-order valence-corrected chi connectivity index (χ1v) is 4.44. The lowest BCUT2D eigenvalue weighted by atomic mass is 9.94. The third kappa shape index (κ3) is 2.22. The maximum Gasteiger partial charge on any atom is 0.148 e. The van der Waals surface area contributed by atoms with Crippen molar-refractivity contribution in [2.45, 2.75) is 36.1 Å². The Bertz CT molecular complexity index is 136. The Morgan fingerprint density at radius 1 is 1.33 bits per heavy atom. The van der Waals surface area contributed by atoms with Crippen LogP contribution in [-0.2, 0) is 0 Å². The van der Waals surface area contributed by atoms with Crippen molar-refractivity contribution in [3.63, 3.8) is 0 Å². The summed E-state index contributed by atoms with van der Waals surface area (Å²) in [5.74, 6) is 0. The average molecular weight is 217 g/mol. The molecule has 6 heteroatoms. The molecule has 0 bridgehead atoms. The van der Waals surface area contributed by atoms with Gasteiger partial charge in [0.1, 0.15) is 16.6 Å². The zero-order valence-electron chi connectivity index (χ0n) is 6.74. The summed E-state index contributed by atoms with van der Waals surface area (Å²) in [4.78, 5) is 0. The molecule has 0 aliphatic carbocycles. The molecule has 0 fully saturated rings. The molecule has 0 aliphatic heterocycles. The predicted molar refractivity (Wildman–Crippen MR) is 48.9 cm³/mol. The number of aliphatic hydroxyl groups is 2. The zero-order valence-corrected chi connectivity index (χ0v) is 8.26. The van der Waals surface area contributed by atoms with Crippen molar-refractivity contribution in [1.29, 1.82) is 0 Å². The van der Waals surface area contributed by atoms with Gasteiger partial charge in [0, 0.05) is 0 Å². The maximum atomic E-state index is 9.67. The zero-order chi connectivity index (χ0) is 9.94. The van der Waals surface area contributed by atoms with Crippen molar-refractivity contribution in [3.8, 4) is 0 Å². The molecule has 0 aromatic carbocycles. The molecule has 0 rings (SSSR count). The second-order valence-corrected chi connectivity index (χ2v) is 3.56. The fourth-order valence-corrected chi connectivity index (χ4v) is 1.47. The van der Waals surface area contributed by atoms with Gasteiger partial charge < -0.3 is 21.7 Å². The molecule has 6 N–H and O–H groups in total. The summed E-state index contributed by atoms with van der Waals surface area (Å²) in [7, 11) is 0. The molecular weight excluding hydrogens is 203 g/mol. The highest BCUT2D eigenvalue weighted by Gasteiger charge is 2.44. The third-order valence-corrected chi connectivity index (χ3v) is 2.50. The molecular formula is C6H14Cl2N2O2. The third-order valence-electron chi connectivity index (χ3n) is 1.80. The first-order chi connectivity index (χ1) is 5.37. The number of rotatable bonds is 4. The van der Waals surface area contributed by atoms with E-state index in [1.807, 2.05) is 0 Å². The molecule has 0 aromatic rings. The SMILES string of the molecule is CCC(O)C(O)(C(N)Cl)C(N)Cl. The van der Waals surface area contributed by atoms with Crippen molar-refractivity contribution in [3.05, 3.63) is 0 Å². The van der Waals surface area contributed by atoms with Crippen LogP contribution in [0.15, 0.2) is 0 Å². The van der Waals surface area contributed by atoms with E-state index in [1.54, 1.807) is 6.92 Å². The van der Waals surface area contributed by atoms with Crippen molar-refractivity contribution < 1.29 is 10.2 Å². The van der Waals surface area contributed by atoms with Crippen LogP contribution in [0.1, 0.15) is 13.3 Å². The van der Waals surface area contributed by atoms with Gasteiger partial charge in [-0.1, -0.05) is 6.92 Å². The molecule has 4 nitrogen and oxygen atoms in total. The number of nitrogens with two attached hydrogens (primary N) is 2. The monoisotopic (exact) mass is 216 g/mol. The van der Waals surface area contributed by atoms with E-state index in [1.165, 1.54) is 0 Å². The molecule has 0 amide bonds. The van der Waals surface area contributed by atoms with Gasteiger partial charge in [0.05, 0.1) is 6.10 Å². The summed E-state index contributed by atoms with van der Waals surface area (Å²) in [6, 6.07) is 0. The van der Waals surface area contributed by atoms with Gasteiger partial charge in [0.15, 0.2) is 0 Å². The van der Waals surface area contributed by atoms with Crippen molar-refractivity contribution in [2.75, 3.05) is 0 Å². The summed E-state index contributed by atoms with van der Waals surface area (Å²) >= 11 is 10.9. The molecule has 74 valence electrons. The summed E-state index contributed by atoms with van der Waals surface area (Å²) in [5, 5.41) is 19.0. The van der Waals surface area contributed by atoms with Gasteiger partial charge >= 0.3 is 0 Å². The van der Waals surface area contributed by atoms with Gasteiger partial charge in [0.25, 0.3) is 0 Å². The van der Waals surface area contributed by atoms with Crippen LogP contribution in [0.25, 0.3) is 0 Å². The Morgan fingerprint density at radius 3 is 1.75 bits per heavy atom. The molecule has 0 saturated heterocycles. The molecule has 12 heavy (non-hydrogen) atoms. The van der Waals surface area contributed by atoms with Crippen LogP contribution in [-0.4, -0.2) is 32.9 Å². The summed E-state index contributed by atoms with van der Waals surface area (Å²) in [6.45, 7) is 1.66. The number of alkyl halides is 2. The minimum atomic E-state index is -1.85. The summed E-state index contributed by atoms with van der Waals surface area (Å²) in [5.41, 5.74) is 6.24. The number of hydrogen-bond acceptors (Lipinski definition) is 4. The normalized spacial score (nSPS) is 24.2. The highest BCUT2D eigenvalue weighted by atomic mass is 35.5. The van der Waals surface area contributed by atoms with Crippen LogP contribution < -0.4 is 11.5 Å². The van der Waals surface area contributed by atoms with E-state index in [4.69, 9.17) is 34.7 Å². The number of hydrogen-bond donors (Lipinski definition) is 4. The van der Waals surface area contributed by atoms with Gasteiger partial charge in [-0.05, 0) is 6.42 Å². The van der Waals surface area contributed by atoms with Crippen LogP contribution in [0.2, 0.25) is 0 Å². The Morgan fingerprint density at radius 2 is 1.67 bits per heavy atom. The van der Waals surface area contributed by atoms with Gasteiger partial charge in [-0.3, -0.25) is 0 Å². The lowest BCUT2D eigenvalue weighted by Crippen LogP contribution is -2.62. The second-order valence-electron chi connectivity index (χ2n) is 2.61. The van der Waals surface area contributed by atoms with Crippen molar-refractivity contribution in [2.24, 2.45) is 11.5 Å². The first-order valence-electron chi connectivity index (χ1n) is 3.57. The standard InChI is InChI=1S/C6H14Cl2N2O2/c1-2-3(11)6(12,4(7)9)5(8)10/h3-5,11-12H,2,9-10H2,1H3. The molecule has 0 spiro atoms. The van der Waals surface area contributed by atoms with Gasteiger partial charge in [0.2, 0.25) is 0 Å². The van der Waals surface area contributed by atoms with Gasteiger partial charge in [-0.25, -0.2) is 0 Å². The highest BCUT2D eigenvalue weighted by Crippen LogP contribution is 2.24. The van der Waals surface area contributed by atoms with E-state index in [-0.39, 0.29) is 6.42 Å². The molecule has 3 atom stereocenters. The maximum absolute atomic E-state index is 9.67. The number of aliphatic hydroxyl groups excluding tert-OH is 1. The van der Waals surface area contributed by atoms with Crippen LogP contribution >= 0.6 is 23.2 Å². The largest absolute Gasteiger partial charge is 0.390 e. The van der Waals surface area contributed by atoms with Gasteiger partial charge in [-0.15, -0.1) is 23.2 Å². The van der Waals surface area contributed by atoms with Crippen molar-refractivity contribution in [1.82, 2.24) is 0 Å². The Kier molecular flexibility index (Phi) is 4.76. The fraction of sp³-hybridized carbons (Fsp3) is 1.00. The topological polar surface area (TPSA) is 92.5 Å². The number of halogens is 2. The molecule has 0 aliphatic rings. The lowest BCUT2D eigenvalue weighted by Gasteiger charge is -2.36. The van der Waals surface area contributed by atoms with E-state index in [0.29, 0.717) is 0 Å². The highest BCUT2D eigenvalue weighted by molar-refractivity contribution is 6.24. The quantitative estimate of drug-likeness (QED) is 0.378. The van der Waals surface area contributed by atoms with Crippen LogP contribution in [0.3, 0.4) is 0 Å². The predicted octanol–water partition coefficient (Wildman–Crippen LogP) is -0.464. The molecule has 0 aromatic heterocycles. The van der Waals surface area contributed by atoms with Crippen LogP contribution in [0.5, 0.6) is 0 Å². The summed E-state index contributed by atoms with van der Waals surface area (Å²) in [6.07, 6.45) is -0.852. The van der Waals surface area contributed by atoms with Crippen molar-refractivity contribution >= 4 is 23.2 Å². The van der Waals surface area contributed by atoms with E-state index >= 15 is 0 Å². The van der Waals surface area contributed by atoms with E-state index in [0.717, 1.165) is 0 Å². The molecule has 3 unspecified atom stereocenters. The fourth-order valence-electron chi connectivity index (χ4n) is 0.847. The molecule has 0 heterocycles. The van der Waals surface area contributed by atoms with E-state index in [9.17, 15) is 10.2 Å². The van der Waals surface area contributed by atoms with E-state index < -0.39 is 22.7 Å².